The summed E-state index contributed by atoms with van der Waals surface area (Å²) in [7, 11) is 0. The number of benzene rings is 3. The normalized spacial score (nSPS) is 13.3. The second-order valence-electron chi connectivity index (χ2n) is 7.74. The van der Waals surface area contributed by atoms with Gasteiger partial charge in [0.2, 0.25) is 0 Å². The number of anilines is 4. The third kappa shape index (κ3) is 5.87. The number of carbonyl (C=O) groups excluding carboxylic acids is 2. The zero-order valence-electron chi connectivity index (χ0n) is 18.2. The fraction of sp³-hybridized carbons (Fsp3) is 0.200. The number of amides is 3. The molecule has 0 aromatic heterocycles. The smallest absolute Gasteiger partial charge is 0.323 e. The maximum atomic E-state index is 13.1. The first-order chi connectivity index (χ1) is 16.0. The summed E-state index contributed by atoms with van der Waals surface area (Å²) in [6.45, 7) is 4.47. The summed E-state index contributed by atoms with van der Waals surface area (Å²) in [4.78, 5) is 27.4. The number of morpholine rings is 1. The molecule has 3 aromatic carbocycles. The molecule has 1 aliphatic heterocycles. The van der Waals surface area contributed by atoms with Crippen molar-refractivity contribution in [3.05, 3.63) is 83.7 Å². The van der Waals surface area contributed by atoms with Crippen molar-refractivity contribution in [2.45, 2.75) is 6.92 Å². The highest BCUT2D eigenvalue weighted by Gasteiger charge is 2.18. The monoisotopic (exact) mass is 448 g/mol. The topological polar surface area (TPSA) is 82.7 Å². The van der Waals surface area contributed by atoms with Gasteiger partial charge in [0.25, 0.3) is 5.91 Å². The molecule has 0 atom stereocenters. The van der Waals surface area contributed by atoms with Crippen LogP contribution < -0.4 is 20.9 Å². The zero-order chi connectivity index (χ0) is 23.2. The van der Waals surface area contributed by atoms with Gasteiger partial charge in [-0.1, -0.05) is 17.7 Å². The van der Waals surface area contributed by atoms with Crippen LogP contribution in [0.5, 0.6) is 0 Å². The number of ether oxygens (including phenoxy) is 1. The first-order valence-electron chi connectivity index (χ1n) is 10.7. The van der Waals surface area contributed by atoms with E-state index in [-0.39, 0.29) is 11.7 Å². The summed E-state index contributed by atoms with van der Waals surface area (Å²) in [6, 6.07) is 17.8. The SMILES string of the molecule is Cc1cccc(C(=O)Nc2ccc(N3CCOCC3)c(NC(=O)Nc3ccc(F)cc3)c2)c1. The minimum absolute atomic E-state index is 0.237. The van der Waals surface area contributed by atoms with Crippen molar-refractivity contribution < 1.29 is 18.7 Å². The number of hydrogen-bond donors (Lipinski definition) is 3. The number of urea groups is 1. The van der Waals surface area contributed by atoms with Crippen molar-refractivity contribution >= 4 is 34.7 Å². The first-order valence-corrected chi connectivity index (χ1v) is 10.7. The van der Waals surface area contributed by atoms with Crippen LogP contribution in [0, 0.1) is 12.7 Å². The highest BCUT2D eigenvalue weighted by atomic mass is 19.1. The lowest BCUT2D eigenvalue weighted by molar-refractivity contribution is 0.102. The summed E-state index contributed by atoms with van der Waals surface area (Å²) in [6.07, 6.45) is 0. The van der Waals surface area contributed by atoms with E-state index in [0.717, 1.165) is 11.3 Å². The Hall–Kier alpha value is -3.91. The van der Waals surface area contributed by atoms with Gasteiger partial charge in [-0.3, -0.25) is 4.79 Å². The van der Waals surface area contributed by atoms with Gasteiger partial charge in [0.15, 0.2) is 0 Å². The fourth-order valence-corrected chi connectivity index (χ4v) is 3.60. The number of nitrogens with zero attached hydrogens (tertiary/aromatic N) is 1. The van der Waals surface area contributed by atoms with Gasteiger partial charge in [-0.05, 0) is 61.5 Å². The fourth-order valence-electron chi connectivity index (χ4n) is 3.60. The molecule has 7 nitrogen and oxygen atoms in total. The Morgan fingerprint density at radius 2 is 1.61 bits per heavy atom. The summed E-state index contributed by atoms with van der Waals surface area (Å²) in [5.41, 5.74) is 3.92. The molecule has 1 heterocycles. The van der Waals surface area contributed by atoms with Crippen molar-refractivity contribution in [3.8, 4) is 0 Å². The van der Waals surface area contributed by atoms with Gasteiger partial charge in [-0.25, -0.2) is 9.18 Å². The van der Waals surface area contributed by atoms with E-state index in [1.165, 1.54) is 24.3 Å². The quantitative estimate of drug-likeness (QED) is 0.520. The Balaban J connectivity index is 1.55. The number of carbonyl (C=O) groups is 2. The Kier molecular flexibility index (Phi) is 6.85. The summed E-state index contributed by atoms with van der Waals surface area (Å²) < 4.78 is 18.6. The molecule has 0 radical (unpaired) electrons. The molecule has 3 aromatic rings. The molecule has 0 spiro atoms. The van der Waals surface area contributed by atoms with Crippen LogP contribution in [0.3, 0.4) is 0 Å². The molecule has 170 valence electrons. The van der Waals surface area contributed by atoms with Crippen molar-refractivity contribution in [1.82, 2.24) is 0 Å². The maximum Gasteiger partial charge on any atom is 0.323 e. The molecule has 1 fully saturated rings. The van der Waals surface area contributed by atoms with Crippen molar-refractivity contribution in [3.63, 3.8) is 0 Å². The molecule has 1 aliphatic rings. The van der Waals surface area contributed by atoms with Gasteiger partial charge in [0, 0.05) is 30.0 Å². The number of rotatable bonds is 5. The van der Waals surface area contributed by atoms with Crippen molar-refractivity contribution in [2.24, 2.45) is 0 Å². The molecule has 0 unspecified atom stereocenters. The second kappa shape index (κ2) is 10.1. The number of halogens is 1. The summed E-state index contributed by atoms with van der Waals surface area (Å²) >= 11 is 0. The standard InChI is InChI=1S/C25H25FN4O3/c1-17-3-2-4-18(15-17)24(31)27-21-9-10-23(30-11-13-33-14-12-30)22(16-21)29-25(32)28-20-7-5-19(26)6-8-20/h2-10,15-16H,11-14H2,1H3,(H,27,31)(H2,28,29,32). The van der Waals surface area contributed by atoms with Crippen LogP contribution in [0.4, 0.5) is 31.9 Å². The predicted molar refractivity (Wildman–Crippen MR) is 128 cm³/mol. The maximum absolute atomic E-state index is 13.1. The van der Waals surface area contributed by atoms with Crippen LogP contribution in [-0.4, -0.2) is 38.2 Å². The van der Waals surface area contributed by atoms with E-state index in [9.17, 15) is 14.0 Å². The van der Waals surface area contributed by atoms with E-state index in [0.29, 0.717) is 48.9 Å². The summed E-state index contributed by atoms with van der Waals surface area (Å²) in [5, 5.41) is 8.44. The molecule has 8 heteroatoms. The Morgan fingerprint density at radius 3 is 2.33 bits per heavy atom. The van der Waals surface area contributed by atoms with Gasteiger partial charge in [0.1, 0.15) is 5.82 Å². The van der Waals surface area contributed by atoms with Gasteiger partial charge in [-0.2, -0.15) is 0 Å². The van der Waals surface area contributed by atoms with Gasteiger partial charge >= 0.3 is 6.03 Å². The van der Waals surface area contributed by atoms with E-state index in [1.807, 2.05) is 37.3 Å². The van der Waals surface area contributed by atoms with E-state index >= 15 is 0 Å². The van der Waals surface area contributed by atoms with Crippen LogP contribution >= 0.6 is 0 Å². The molecule has 3 N–H and O–H groups in total. The third-order valence-corrected chi connectivity index (χ3v) is 5.24. The predicted octanol–water partition coefficient (Wildman–Crippen LogP) is 4.87. The average Bonchev–Trinajstić information content (AvgIpc) is 2.81. The van der Waals surface area contributed by atoms with Crippen LogP contribution in [0.2, 0.25) is 0 Å². The molecule has 4 rings (SSSR count). The lowest BCUT2D eigenvalue weighted by Crippen LogP contribution is -2.37. The van der Waals surface area contributed by atoms with Crippen molar-refractivity contribution in [2.75, 3.05) is 47.2 Å². The second-order valence-corrected chi connectivity index (χ2v) is 7.74. The lowest BCUT2D eigenvalue weighted by Gasteiger charge is -2.30. The number of hydrogen-bond acceptors (Lipinski definition) is 4. The minimum atomic E-state index is -0.474. The summed E-state index contributed by atoms with van der Waals surface area (Å²) in [5.74, 6) is -0.618. The first kappa shape index (κ1) is 22.3. The van der Waals surface area contributed by atoms with Crippen molar-refractivity contribution in [1.29, 1.82) is 0 Å². The van der Waals surface area contributed by atoms with Crippen LogP contribution in [0.25, 0.3) is 0 Å². The molecule has 0 bridgehead atoms. The van der Waals surface area contributed by atoms with E-state index in [4.69, 9.17) is 4.74 Å². The van der Waals surface area contributed by atoms with Gasteiger partial charge in [-0.15, -0.1) is 0 Å². The van der Waals surface area contributed by atoms with E-state index in [1.54, 1.807) is 12.1 Å². The third-order valence-electron chi connectivity index (χ3n) is 5.24. The molecule has 3 amide bonds. The largest absolute Gasteiger partial charge is 0.378 e. The van der Waals surface area contributed by atoms with Gasteiger partial charge in [0.05, 0.1) is 24.6 Å². The number of aryl methyl sites for hydroxylation is 1. The van der Waals surface area contributed by atoms with Gasteiger partial charge < -0.3 is 25.6 Å². The molecular weight excluding hydrogens is 423 g/mol. The Bertz CT molecular complexity index is 1140. The van der Waals surface area contributed by atoms with Crippen LogP contribution in [0.1, 0.15) is 15.9 Å². The zero-order valence-corrected chi connectivity index (χ0v) is 18.2. The average molecular weight is 448 g/mol. The number of nitrogens with one attached hydrogen (secondary N) is 3. The van der Waals surface area contributed by atoms with E-state index < -0.39 is 6.03 Å². The molecule has 33 heavy (non-hydrogen) atoms. The lowest BCUT2D eigenvalue weighted by atomic mass is 10.1. The molecular formula is C25H25FN4O3. The van der Waals surface area contributed by atoms with Crippen LogP contribution in [0.15, 0.2) is 66.7 Å². The Labute approximate surface area is 191 Å². The molecule has 0 aliphatic carbocycles. The molecule has 0 saturated carbocycles. The van der Waals surface area contributed by atoms with E-state index in [2.05, 4.69) is 20.9 Å². The Morgan fingerprint density at radius 1 is 0.879 bits per heavy atom. The minimum Gasteiger partial charge on any atom is -0.378 e. The molecule has 1 saturated heterocycles. The highest BCUT2D eigenvalue weighted by Crippen LogP contribution is 2.30. The highest BCUT2D eigenvalue weighted by molar-refractivity contribution is 6.06. The van der Waals surface area contributed by atoms with Crippen LogP contribution in [-0.2, 0) is 4.74 Å².